The van der Waals surface area contributed by atoms with Gasteiger partial charge in [0.2, 0.25) is 5.88 Å². The molecule has 0 aliphatic heterocycles. The number of benzene rings is 1. The van der Waals surface area contributed by atoms with Gasteiger partial charge in [-0.25, -0.2) is 4.98 Å². The van der Waals surface area contributed by atoms with Crippen LogP contribution in [0.4, 0.5) is 0 Å². The molecule has 0 unspecified atom stereocenters. The van der Waals surface area contributed by atoms with Crippen molar-refractivity contribution in [2.45, 2.75) is 13.8 Å². The minimum absolute atomic E-state index is 0.412. The zero-order valence-electron chi connectivity index (χ0n) is 9.97. The van der Waals surface area contributed by atoms with E-state index >= 15 is 0 Å². The van der Waals surface area contributed by atoms with E-state index in [4.69, 9.17) is 10.00 Å². The normalized spacial score (nSPS) is 10.5. The summed E-state index contributed by atoms with van der Waals surface area (Å²) in [6.45, 7) is 4.69. The molecule has 0 spiro atoms. The molecule has 0 saturated heterocycles. The van der Waals surface area contributed by atoms with Gasteiger partial charge in [0.25, 0.3) is 0 Å². The summed E-state index contributed by atoms with van der Waals surface area (Å²) in [5.41, 5.74) is 1.34. The van der Waals surface area contributed by atoms with E-state index in [1.165, 1.54) is 0 Å². The number of hydrogen-bond acceptors (Lipinski definition) is 3. The molecule has 2 rings (SSSR count). The Kier molecular flexibility index (Phi) is 3.24. The van der Waals surface area contributed by atoms with Crippen LogP contribution in [0.25, 0.3) is 10.9 Å². The average Bonchev–Trinajstić information content (AvgIpc) is 2.35. The summed E-state index contributed by atoms with van der Waals surface area (Å²) in [6, 6.07) is 11.7. The third-order valence-electron chi connectivity index (χ3n) is 2.36. The van der Waals surface area contributed by atoms with E-state index in [1.807, 2.05) is 30.3 Å². The summed E-state index contributed by atoms with van der Waals surface area (Å²) in [4.78, 5) is 4.37. The smallest absolute Gasteiger partial charge is 0.232 e. The number of pyridine rings is 1. The number of hydrogen-bond donors (Lipinski definition) is 0. The number of para-hydroxylation sites is 1. The number of ether oxygens (including phenoxy) is 1. The Morgan fingerprint density at radius 2 is 2.12 bits per heavy atom. The van der Waals surface area contributed by atoms with Gasteiger partial charge in [-0.1, -0.05) is 32.0 Å². The van der Waals surface area contributed by atoms with Crippen molar-refractivity contribution in [3.63, 3.8) is 0 Å². The highest BCUT2D eigenvalue weighted by Crippen LogP contribution is 2.21. The molecule has 1 aromatic heterocycles. The zero-order chi connectivity index (χ0) is 12.3. The second-order valence-corrected chi connectivity index (χ2v) is 4.35. The Labute approximate surface area is 101 Å². The third kappa shape index (κ3) is 2.54. The zero-order valence-corrected chi connectivity index (χ0v) is 9.97. The fourth-order valence-corrected chi connectivity index (χ4v) is 1.53. The maximum absolute atomic E-state index is 9.07. The maximum atomic E-state index is 9.07. The number of aromatic nitrogens is 1. The summed E-state index contributed by atoms with van der Waals surface area (Å²) in [5, 5.41) is 10.0. The van der Waals surface area contributed by atoms with E-state index < -0.39 is 0 Å². The van der Waals surface area contributed by atoms with E-state index in [0.717, 1.165) is 10.9 Å². The topological polar surface area (TPSA) is 45.9 Å². The molecule has 0 bridgehead atoms. The molecular formula is C14H14N2O. The van der Waals surface area contributed by atoms with Crippen LogP contribution in [0.1, 0.15) is 19.4 Å². The van der Waals surface area contributed by atoms with Gasteiger partial charge in [-0.15, -0.1) is 0 Å². The van der Waals surface area contributed by atoms with Crippen LogP contribution >= 0.6 is 0 Å². The van der Waals surface area contributed by atoms with Crippen molar-refractivity contribution in [1.82, 2.24) is 4.98 Å². The van der Waals surface area contributed by atoms with Gasteiger partial charge in [-0.05, 0) is 18.1 Å². The Morgan fingerprint density at radius 1 is 1.35 bits per heavy atom. The van der Waals surface area contributed by atoms with E-state index in [2.05, 4.69) is 24.9 Å². The average molecular weight is 226 g/mol. The van der Waals surface area contributed by atoms with Gasteiger partial charge in [0.15, 0.2) is 0 Å². The first kappa shape index (κ1) is 11.4. The fourth-order valence-electron chi connectivity index (χ4n) is 1.53. The SMILES string of the molecule is CC(C)COc1nc2ccccc2cc1C#N. The largest absolute Gasteiger partial charge is 0.476 e. The monoisotopic (exact) mass is 226 g/mol. The quantitative estimate of drug-likeness (QED) is 0.807. The van der Waals surface area contributed by atoms with Gasteiger partial charge in [0.1, 0.15) is 11.6 Å². The summed E-state index contributed by atoms with van der Waals surface area (Å²) in [7, 11) is 0. The molecule has 0 amide bonds. The molecule has 3 nitrogen and oxygen atoms in total. The molecule has 1 heterocycles. The van der Waals surface area contributed by atoms with E-state index in [-0.39, 0.29) is 0 Å². The molecule has 2 aromatic rings. The second kappa shape index (κ2) is 4.84. The van der Waals surface area contributed by atoms with Crippen molar-refractivity contribution in [2.75, 3.05) is 6.61 Å². The van der Waals surface area contributed by atoms with Gasteiger partial charge >= 0.3 is 0 Å². The summed E-state index contributed by atoms with van der Waals surface area (Å²) < 4.78 is 5.56. The van der Waals surface area contributed by atoms with Gasteiger partial charge in [-0.2, -0.15) is 5.26 Å². The van der Waals surface area contributed by atoms with Gasteiger partial charge in [0.05, 0.1) is 12.1 Å². The lowest BCUT2D eigenvalue weighted by Crippen LogP contribution is -2.07. The van der Waals surface area contributed by atoms with Crippen LogP contribution < -0.4 is 4.74 Å². The number of fused-ring (bicyclic) bond motifs is 1. The van der Waals surface area contributed by atoms with Gasteiger partial charge < -0.3 is 4.74 Å². The predicted molar refractivity (Wildman–Crippen MR) is 66.8 cm³/mol. The van der Waals surface area contributed by atoms with E-state index in [0.29, 0.717) is 24.0 Å². The van der Waals surface area contributed by atoms with Crippen molar-refractivity contribution in [1.29, 1.82) is 5.26 Å². The molecule has 0 aliphatic rings. The summed E-state index contributed by atoms with van der Waals surface area (Å²) in [5.74, 6) is 0.842. The molecule has 0 fully saturated rings. The lowest BCUT2D eigenvalue weighted by molar-refractivity contribution is 0.261. The molecule has 0 saturated carbocycles. The first-order valence-corrected chi connectivity index (χ1v) is 5.63. The first-order chi connectivity index (χ1) is 8.20. The molecule has 17 heavy (non-hydrogen) atoms. The lowest BCUT2D eigenvalue weighted by Gasteiger charge is -2.09. The number of nitrogens with zero attached hydrogens (tertiary/aromatic N) is 2. The van der Waals surface area contributed by atoms with Gasteiger partial charge in [0, 0.05) is 5.39 Å². The van der Waals surface area contributed by atoms with Crippen LogP contribution in [0.5, 0.6) is 5.88 Å². The van der Waals surface area contributed by atoms with Crippen molar-refractivity contribution in [3.05, 3.63) is 35.9 Å². The molecule has 0 radical (unpaired) electrons. The van der Waals surface area contributed by atoms with Crippen LogP contribution in [0.2, 0.25) is 0 Å². The third-order valence-corrected chi connectivity index (χ3v) is 2.36. The highest BCUT2D eigenvalue weighted by atomic mass is 16.5. The molecule has 1 aromatic carbocycles. The minimum Gasteiger partial charge on any atom is -0.476 e. The Balaban J connectivity index is 2.43. The Hall–Kier alpha value is -2.08. The van der Waals surface area contributed by atoms with E-state index in [9.17, 15) is 0 Å². The van der Waals surface area contributed by atoms with Crippen LogP contribution in [0, 0.1) is 17.2 Å². The van der Waals surface area contributed by atoms with Crippen LogP contribution in [0.3, 0.4) is 0 Å². The lowest BCUT2D eigenvalue weighted by atomic mass is 10.1. The Bertz CT molecular complexity index is 570. The summed E-state index contributed by atoms with van der Waals surface area (Å²) in [6.07, 6.45) is 0. The Morgan fingerprint density at radius 3 is 2.82 bits per heavy atom. The molecule has 86 valence electrons. The molecule has 3 heteroatoms. The second-order valence-electron chi connectivity index (χ2n) is 4.35. The molecular weight excluding hydrogens is 212 g/mol. The van der Waals surface area contributed by atoms with Crippen LogP contribution in [0.15, 0.2) is 30.3 Å². The number of nitriles is 1. The van der Waals surface area contributed by atoms with Crippen molar-refractivity contribution in [2.24, 2.45) is 5.92 Å². The predicted octanol–water partition coefficient (Wildman–Crippen LogP) is 3.14. The molecule has 0 aliphatic carbocycles. The minimum atomic E-state index is 0.412. The summed E-state index contributed by atoms with van der Waals surface area (Å²) >= 11 is 0. The maximum Gasteiger partial charge on any atom is 0.232 e. The molecule has 0 N–H and O–H groups in total. The van der Waals surface area contributed by atoms with Crippen LogP contribution in [-0.2, 0) is 0 Å². The standard InChI is InChI=1S/C14H14N2O/c1-10(2)9-17-14-12(8-15)7-11-5-3-4-6-13(11)16-14/h3-7,10H,9H2,1-2H3. The van der Waals surface area contributed by atoms with E-state index in [1.54, 1.807) is 0 Å². The van der Waals surface area contributed by atoms with Crippen LogP contribution in [-0.4, -0.2) is 11.6 Å². The van der Waals surface area contributed by atoms with Crippen molar-refractivity contribution < 1.29 is 4.74 Å². The number of rotatable bonds is 3. The fraction of sp³-hybridized carbons (Fsp3) is 0.286. The van der Waals surface area contributed by atoms with Crippen molar-refractivity contribution >= 4 is 10.9 Å². The van der Waals surface area contributed by atoms with Gasteiger partial charge in [-0.3, -0.25) is 0 Å². The first-order valence-electron chi connectivity index (χ1n) is 5.63. The highest BCUT2D eigenvalue weighted by molar-refractivity contribution is 5.80. The van der Waals surface area contributed by atoms with Crippen molar-refractivity contribution in [3.8, 4) is 11.9 Å². The molecule has 0 atom stereocenters. The highest BCUT2D eigenvalue weighted by Gasteiger charge is 2.08.